The Bertz CT molecular complexity index is 738. The average molecular weight is 467 g/mol. The third kappa shape index (κ3) is 9.70. The highest BCUT2D eigenvalue weighted by Gasteiger charge is 2.27. The highest BCUT2D eigenvalue weighted by Crippen LogP contribution is 2.16. The Kier molecular flexibility index (Phi) is 9.16. The summed E-state index contributed by atoms with van der Waals surface area (Å²) < 4.78 is 39.9. The summed E-state index contributed by atoms with van der Waals surface area (Å²) in [5, 5.41) is 2.54. The predicted octanol–water partition coefficient (Wildman–Crippen LogP) is 2.69. The second-order valence-corrected chi connectivity index (χ2v) is 8.17. The lowest BCUT2D eigenvalue weighted by Gasteiger charge is -2.24. The standard InChI is InChI=1S/C16H23BrN2O7S/c1-11(2)10-14(15(20)19(3)8-9-25-27(22,23)24)26-16(21)18-13-6-4-12(17)5-7-13/h4-7,11,14H,8-10H2,1-3H3,(H,18,21)(H,22,23,24)/t14-/m0/s1. The van der Waals surface area contributed by atoms with E-state index in [0.717, 1.165) is 4.47 Å². The van der Waals surface area contributed by atoms with Gasteiger partial charge in [0.05, 0.1) is 6.61 Å². The van der Waals surface area contributed by atoms with Gasteiger partial charge in [-0.1, -0.05) is 29.8 Å². The van der Waals surface area contributed by atoms with Gasteiger partial charge in [-0.15, -0.1) is 0 Å². The molecule has 1 aromatic rings. The molecule has 0 unspecified atom stereocenters. The maximum atomic E-state index is 12.5. The Labute approximate surface area is 167 Å². The SMILES string of the molecule is CC(C)C[C@H](OC(=O)Nc1ccc(Br)cc1)C(=O)N(C)CCOS(=O)(=O)O. The summed E-state index contributed by atoms with van der Waals surface area (Å²) in [4.78, 5) is 25.8. The molecule has 0 aliphatic heterocycles. The van der Waals surface area contributed by atoms with Crippen molar-refractivity contribution in [2.24, 2.45) is 5.92 Å². The smallest absolute Gasteiger partial charge is 0.412 e. The van der Waals surface area contributed by atoms with Crippen molar-refractivity contribution in [2.75, 3.05) is 25.5 Å². The van der Waals surface area contributed by atoms with Crippen LogP contribution in [0.3, 0.4) is 0 Å². The lowest BCUT2D eigenvalue weighted by atomic mass is 10.1. The van der Waals surface area contributed by atoms with E-state index in [1.807, 2.05) is 13.8 Å². The van der Waals surface area contributed by atoms with Crippen LogP contribution < -0.4 is 5.32 Å². The summed E-state index contributed by atoms with van der Waals surface area (Å²) in [5.41, 5.74) is 0.508. The van der Waals surface area contributed by atoms with Crippen LogP contribution in [0.1, 0.15) is 20.3 Å². The minimum Gasteiger partial charge on any atom is -0.436 e. The molecule has 0 aliphatic rings. The number of carbonyl (C=O) groups is 2. The normalized spacial score (nSPS) is 12.5. The molecule has 0 bridgehead atoms. The summed E-state index contributed by atoms with van der Waals surface area (Å²) in [7, 11) is -3.16. The van der Waals surface area contributed by atoms with E-state index in [1.54, 1.807) is 24.3 Å². The minimum absolute atomic E-state index is 0.0712. The summed E-state index contributed by atoms with van der Waals surface area (Å²) in [6.45, 7) is 3.22. The number of amides is 2. The van der Waals surface area contributed by atoms with Gasteiger partial charge in [-0.05, 0) is 36.6 Å². The number of halogens is 1. The Hall–Kier alpha value is -1.69. The topological polar surface area (TPSA) is 122 Å². The summed E-state index contributed by atoms with van der Waals surface area (Å²) in [5.74, 6) is -0.435. The van der Waals surface area contributed by atoms with Crippen molar-refractivity contribution in [3.05, 3.63) is 28.7 Å². The third-order valence-corrected chi connectivity index (χ3v) is 4.33. The van der Waals surface area contributed by atoms with Crippen LogP contribution in [-0.4, -0.2) is 56.2 Å². The lowest BCUT2D eigenvalue weighted by Crippen LogP contribution is -2.42. The van der Waals surface area contributed by atoms with E-state index in [1.165, 1.54) is 11.9 Å². The molecule has 0 heterocycles. The molecule has 0 spiro atoms. The van der Waals surface area contributed by atoms with Gasteiger partial charge in [0.1, 0.15) is 0 Å². The molecule has 1 atom stereocenters. The molecule has 152 valence electrons. The molecular formula is C16H23BrN2O7S. The molecule has 27 heavy (non-hydrogen) atoms. The number of carbonyl (C=O) groups excluding carboxylic acids is 2. The van der Waals surface area contributed by atoms with Crippen molar-refractivity contribution in [3.8, 4) is 0 Å². The molecule has 2 N–H and O–H groups in total. The number of likely N-dealkylation sites (N-methyl/N-ethyl adjacent to an activating group) is 1. The van der Waals surface area contributed by atoms with E-state index in [-0.39, 0.29) is 18.9 Å². The molecule has 11 heteroatoms. The van der Waals surface area contributed by atoms with E-state index >= 15 is 0 Å². The fourth-order valence-electron chi connectivity index (χ4n) is 2.07. The zero-order valence-electron chi connectivity index (χ0n) is 15.2. The van der Waals surface area contributed by atoms with E-state index in [0.29, 0.717) is 5.69 Å². The second kappa shape index (κ2) is 10.6. The Balaban J connectivity index is 2.68. The van der Waals surface area contributed by atoms with Gasteiger partial charge in [-0.3, -0.25) is 14.7 Å². The molecule has 0 saturated carbocycles. The first-order chi connectivity index (χ1) is 12.5. The van der Waals surface area contributed by atoms with Crippen molar-refractivity contribution in [1.82, 2.24) is 4.90 Å². The number of nitrogens with one attached hydrogen (secondary N) is 1. The largest absolute Gasteiger partial charge is 0.436 e. The minimum atomic E-state index is -4.58. The first-order valence-electron chi connectivity index (χ1n) is 8.08. The molecule has 9 nitrogen and oxygen atoms in total. The highest BCUT2D eigenvalue weighted by molar-refractivity contribution is 9.10. The van der Waals surface area contributed by atoms with Crippen LogP contribution in [0.15, 0.2) is 28.7 Å². The quantitative estimate of drug-likeness (QED) is 0.536. The van der Waals surface area contributed by atoms with Crippen molar-refractivity contribution >= 4 is 44.0 Å². The average Bonchev–Trinajstić information content (AvgIpc) is 2.54. The lowest BCUT2D eigenvalue weighted by molar-refractivity contribution is -0.139. The molecule has 2 amide bonds. The van der Waals surface area contributed by atoms with Crippen molar-refractivity contribution in [3.63, 3.8) is 0 Å². The van der Waals surface area contributed by atoms with Crippen molar-refractivity contribution in [2.45, 2.75) is 26.4 Å². The van der Waals surface area contributed by atoms with Gasteiger partial charge in [0.15, 0.2) is 6.10 Å². The summed E-state index contributed by atoms with van der Waals surface area (Å²) in [6.07, 6.45) is -1.54. The first kappa shape index (κ1) is 23.3. The molecule has 1 aromatic carbocycles. The first-order valence-corrected chi connectivity index (χ1v) is 10.2. The maximum Gasteiger partial charge on any atom is 0.412 e. The van der Waals surface area contributed by atoms with Gasteiger partial charge in [0.2, 0.25) is 0 Å². The zero-order valence-corrected chi connectivity index (χ0v) is 17.6. The van der Waals surface area contributed by atoms with Gasteiger partial charge in [0.25, 0.3) is 5.91 Å². The van der Waals surface area contributed by atoms with Crippen molar-refractivity contribution in [1.29, 1.82) is 0 Å². The zero-order chi connectivity index (χ0) is 20.6. The van der Waals surface area contributed by atoms with E-state index in [2.05, 4.69) is 25.4 Å². The van der Waals surface area contributed by atoms with E-state index in [9.17, 15) is 18.0 Å². The Morgan fingerprint density at radius 1 is 1.26 bits per heavy atom. The number of nitrogens with zero attached hydrogens (tertiary/aromatic N) is 1. The fourth-order valence-corrected chi connectivity index (χ4v) is 2.62. The predicted molar refractivity (Wildman–Crippen MR) is 103 cm³/mol. The Morgan fingerprint density at radius 3 is 2.37 bits per heavy atom. The van der Waals surface area contributed by atoms with Crippen LogP contribution in [0.2, 0.25) is 0 Å². The molecule has 0 saturated heterocycles. The molecule has 0 aliphatic carbocycles. The number of ether oxygens (including phenoxy) is 1. The van der Waals surface area contributed by atoms with E-state index < -0.39 is 35.1 Å². The monoisotopic (exact) mass is 466 g/mol. The van der Waals surface area contributed by atoms with Crippen LogP contribution in [0.5, 0.6) is 0 Å². The van der Waals surface area contributed by atoms with Crippen LogP contribution in [-0.2, 0) is 24.1 Å². The van der Waals surface area contributed by atoms with Crippen LogP contribution >= 0.6 is 15.9 Å². The highest BCUT2D eigenvalue weighted by atomic mass is 79.9. The number of rotatable bonds is 9. The van der Waals surface area contributed by atoms with E-state index in [4.69, 9.17) is 9.29 Å². The summed E-state index contributed by atoms with van der Waals surface area (Å²) >= 11 is 3.29. The number of anilines is 1. The fraction of sp³-hybridized carbons (Fsp3) is 0.500. The van der Waals surface area contributed by atoms with Gasteiger partial charge in [0, 0.05) is 23.8 Å². The van der Waals surface area contributed by atoms with Crippen LogP contribution in [0.4, 0.5) is 10.5 Å². The Morgan fingerprint density at radius 2 is 1.85 bits per heavy atom. The number of hydrogen-bond donors (Lipinski definition) is 2. The molecule has 0 radical (unpaired) electrons. The number of hydrogen-bond acceptors (Lipinski definition) is 6. The van der Waals surface area contributed by atoms with Gasteiger partial charge >= 0.3 is 16.5 Å². The maximum absolute atomic E-state index is 12.5. The number of benzene rings is 1. The molecule has 0 aromatic heterocycles. The summed E-state index contributed by atoms with van der Waals surface area (Å²) in [6, 6.07) is 6.83. The van der Waals surface area contributed by atoms with Crippen LogP contribution in [0.25, 0.3) is 0 Å². The third-order valence-electron chi connectivity index (χ3n) is 3.34. The van der Waals surface area contributed by atoms with Gasteiger partial charge < -0.3 is 9.64 Å². The van der Waals surface area contributed by atoms with Gasteiger partial charge in [-0.2, -0.15) is 8.42 Å². The molecule has 1 rings (SSSR count). The molecular weight excluding hydrogens is 444 g/mol. The van der Waals surface area contributed by atoms with Crippen molar-refractivity contribution < 1.29 is 31.5 Å². The van der Waals surface area contributed by atoms with Gasteiger partial charge in [-0.25, -0.2) is 8.98 Å². The second-order valence-electron chi connectivity index (χ2n) is 6.16. The van der Waals surface area contributed by atoms with Crippen LogP contribution in [0, 0.1) is 5.92 Å². The molecule has 0 fully saturated rings.